The second kappa shape index (κ2) is 4.45. The molecule has 70 valence electrons. The molecule has 1 fully saturated rings. The highest BCUT2D eigenvalue weighted by atomic mass is 16.4. The minimum Gasteiger partial charge on any atom is -0.481 e. The third-order valence-electron chi connectivity index (χ3n) is 2.77. The first-order chi connectivity index (χ1) is 5.74. The molecule has 0 amide bonds. The van der Waals surface area contributed by atoms with Crippen LogP contribution in [0.4, 0.5) is 0 Å². The zero-order valence-electron chi connectivity index (χ0n) is 7.33. The second-order valence-corrected chi connectivity index (χ2v) is 3.63. The van der Waals surface area contributed by atoms with Gasteiger partial charge in [0.15, 0.2) is 0 Å². The van der Waals surface area contributed by atoms with Crippen LogP contribution in [0.2, 0.25) is 0 Å². The normalized spacial score (nSPS) is 30.1. The molecule has 0 radical (unpaired) electrons. The highest BCUT2D eigenvalue weighted by molar-refractivity contribution is 5.69. The van der Waals surface area contributed by atoms with Gasteiger partial charge in [-0.25, -0.2) is 0 Å². The summed E-state index contributed by atoms with van der Waals surface area (Å²) in [6.07, 6.45) is 4.86. The standard InChI is InChI=1S/C9H17NO2/c10-6-5-7-1-3-8(4-2-7)9(11)12/h7-8H,1-6,10H2,(H,11,12)/t7-,8+. The lowest BCUT2D eigenvalue weighted by molar-refractivity contribution is -0.143. The van der Waals surface area contributed by atoms with Gasteiger partial charge in [0.1, 0.15) is 0 Å². The summed E-state index contributed by atoms with van der Waals surface area (Å²) in [6.45, 7) is 0.738. The molecule has 3 heteroatoms. The maximum atomic E-state index is 10.6. The molecule has 1 rings (SSSR count). The molecule has 0 unspecified atom stereocenters. The Bertz CT molecular complexity index is 151. The molecule has 3 N–H and O–H groups in total. The average molecular weight is 171 g/mol. The van der Waals surface area contributed by atoms with E-state index in [9.17, 15) is 4.79 Å². The fraction of sp³-hybridized carbons (Fsp3) is 0.889. The predicted octanol–water partition coefficient (Wildman–Crippen LogP) is 1.23. The van der Waals surface area contributed by atoms with Gasteiger partial charge >= 0.3 is 5.97 Å². The number of carboxylic acid groups (broad SMARTS) is 1. The van der Waals surface area contributed by atoms with E-state index in [4.69, 9.17) is 10.8 Å². The van der Waals surface area contributed by atoms with Crippen molar-refractivity contribution in [3.63, 3.8) is 0 Å². The van der Waals surface area contributed by atoms with Crippen LogP contribution in [-0.4, -0.2) is 17.6 Å². The molecule has 0 bridgehead atoms. The van der Waals surface area contributed by atoms with E-state index in [0.717, 1.165) is 38.6 Å². The van der Waals surface area contributed by atoms with Gasteiger partial charge in [0.05, 0.1) is 5.92 Å². The second-order valence-electron chi connectivity index (χ2n) is 3.63. The molecule has 0 spiro atoms. The molecule has 0 aliphatic heterocycles. The minimum atomic E-state index is -0.624. The number of hydrogen-bond acceptors (Lipinski definition) is 2. The monoisotopic (exact) mass is 171 g/mol. The largest absolute Gasteiger partial charge is 0.481 e. The number of nitrogens with two attached hydrogens (primary N) is 1. The van der Waals surface area contributed by atoms with Crippen molar-refractivity contribution >= 4 is 5.97 Å². The SMILES string of the molecule is NCC[C@H]1CC[C@@H](C(=O)O)CC1. The zero-order valence-corrected chi connectivity index (χ0v) is 7.33. The van der Waals surface area contributed by atoms with Gasteiger partial charge < -0.3 is 10.8 Å². The summed E-state index contributed by atoms with van der Waals surface area (Å²) in [5, 5.41) is 8.73. The van der Waals surface area contributed by atoms with Gasteiger partial charge in [0.25, 0.3) is 0 Å². The fourth-order valence-corrected chi connectivity index (χ4v) is 1.93. The van der Waals surface area contributed by atoms with Crippen LogP contribution in [0.15, 0.2) is 0 Å². The minimum absolute atomic E-state index is 0.0842. The molecule has 1 saturated carbocycles. The van der Waals surface area contributed by atoms with Gasteiger partial charge in [-0.1, -0.05) is 0 Å². The van der Waals surface area contributed by atoms with E-state index in [1.165, 1.54) is 0 Å². The van der Waals surface area contributed by atoms with E-state index in [0.29, 0.717) is 5.92 Å². The van der Waals surface area contributed by atoms with Crippen LogP contribution in [0.3, 0.4) is 0 Å². The summed E-state index contributed by atoms with van der Waals surface area (Å²) >= 11 is 0. The summed E-state index contributed by atoms with van der Waals surface area (Å²) < 4.78 is 0. The Balaban J connectivity index is 2.25. The first-order valence-electron chi connectivity index (χ1n) is 4.67. The molecule has 3 nitrogen and oxygen atoms in total. The molecule has 0 heterocycles. The Morgan fingerprint density at radius 3 is 2.33 bits per heavy atom. The molecule has 1 aliphatic rings. The maximum Gasteiger partial charge on any atom is 0.306 e. The predicted molar refractivity (Wildman–Crippen MR) is 46.8 cm³/mol. The highest BCUT2D eigenvalue weighted by Gasteiger charge is 2.24. The lowest BCUT2D eigenvalue weighted by Crippen LogP contribution is -2.22. The summed E-state index contributed by atoms with van der Waals surface area (Å²) in [7, 11) is 0. The van der Waals surface area contributed by atoms with Crippen molar-refractivity contribution in [3.8, 4) is 0 Å². The van der Waals surface area contributed by atoms with Crippen molar-refractivity contribution in [1.29, 1.82) is 0 Å². The third-order valence-corrected chi connectivity index (χ3v) is 2.77. The summed E-state index contributed by atoms with van der Waals surface area (Å²) in [6, 6.07) is 0. The zero-order chi connectivity index (χ0) is 8.97. The molecule has 0 atom stereocenters. The Kier molecular flexibility index (Phi) is 3.53. The van der Waals surface area contributed by atoms with E-state index in [1.807, 2.05) is 0 Å². The first-order valence-corrected chi connectivity index (χ1v) is 4.67. The number of hydrogen-bond donors (Lipinski definition) is 2. The highest BCUT2D eigenvalue weighted by Crippen LogP contribution is 2.30. The van der Waals surface area contributed by atoms with Gasteiger partial charge in [-0.3, -0.25) is 4.79 Å². The summed E-state index contributed by atoms with van der Waals surface area (Å²) in [4.78, 5) is 10.6. The molecule has 1 aliphatic carbocycles. The number of carboxylic acids is 1. The van der Waals surface area contributed by atoms with Crippen molar-refractivity contribution in [2.45, 2.75) is 32.1 Å². The topological polar surface area (TPSA) is 63.3 Å². The van der Waals surface area contributed by atoms with Crippen LogP contribution in [0.25, 0.3) is 0 Å². The molecular weight excluding hydrogens is 154 g/mol. The van der Waals surface area contributed by atoms with E-state index in [1.54, 1.807) is 0 Å². The number of rotatable bonds is 3. The van der Waals surface area contributed by atoms with Crippen molar-refractivity contribution in [3.05, 3.63) is 0 Å². The average Bonchev–Trinajstić information content (AvgIpc) is 2.06. The lowest BCUT2D eigenvalue weighted by atomic mass is 9.81. The van der Waals surface area contributed by atoms with Gasteiger partial charge in [-0.05, 0) is 44.6 Å². The quantitative estimate of drug-likeness (QED) is 0.671. The van der Waals surface area contributed by atoms with Crippen molar-refractivity contribution in [1.82, 2.24) is 0 Å². The Morgan fingerprint density at radius 2 is 1.92 bits per heavy atom. The Morgan fingerprint density at radius 1 is 1.33 bits per heavy atom. The van der Waals surface area contributed by atoms with E-state index in [2.05, 4.69) is 0 Å². The van der Waals surface area contributed by atoms with Gasteiger partial charge in [0.2, 0.25) is 0 Å². The molecular formula is C9H17NO2. The van der Waals surface area contributed by atoms with E-state index in [-0.39, 0.29) is 5.92 Å². The Hall–Kier alpha value is -0.570. The van der Waals surface area contributed by atoms with Crippen LogP contribution in [-0.2, 0) is 4.79 Å². The van der Waals surface area contributed by atoms with Crippen LogP contribution < -0.4 is 5.73 Å². The van der Waals surface area contributed by atoms with Crippen LogP contribution in [0.5, 0.6) is 0 Å². The van der Waals surface area contributed by atoms with Gasteiger partial charge in [-0.15, -0.1) is 0 Å². The summed E-state index contributed by atoms with van der Waals surface area (Å²) in [5.41, 5.74) is 5.44. The maximum absolute atomic E-state index is 10.6. The lowest BCUT2D eigenvalue weighted by Gasteiger charge is -2.25. The van der Waals surface area contributed by atoms with Crippen molar-refractivity contribution < 1.29 is 9.90 Å². The Labute approximate surface area is 72.9 Å². The molecule has 12 heavy (non-hydrogen) atoms. The molecule has 0 aromatic rings. The number of aliphatic carboxylic acids is 1. The van der Waals surface area contributed by atoms with Gasteiger partial charge in [0, 0.05) is 0 Å². The molecule has 0 aromatic heterocycles. The first kappa shape index (κ1) is 9.52. The van der Waals surface area contributed by atoms with E-state index >= 15 is 0 Å². The van der Waals surface area contributed by atoms with Crippen LogP contribution >= 0.6 is 0 Å². The van der Waals surface area contributed by atoms with Crippen molar-refractivity contribution in [2.75, 3.05) is 6.54 Å². The van der Waals surface area contributed by atoms with Crippen molar-refractivity contribution in [2.24, 2.45) is 17.6 Å². The van der Waals surface area contributed by atoms with E-state index < -0.39 is 5.97 Å². The molecule has 0 aromatic carbocycles. The van der Waals surface area contributed by atoms with Crippen LogP contribution in [0, 0.1) is 11.8 Å². The third kappa shape index (κ3) is 2.48. The molecule has 0 saturated heterocycles. The fourth-order valence-electron chi connectivity index (χ4n) is 1.93. The summed E-state index contributed by atoms with van der Waals surface area (Å²) in [5.74, 6) is -0.0224. The van der Waals surface area contributed by atoms with Crippen LogP contribution in [0.1, 0.15) is 32.1 Å². The number of carbonyl (C=O) groups is 1. The van der Waals surface area contributed by atoms with Gasteiger partial charge in [-0.2, -0.15) is 0 Å². The smallest absolute Gasteiger partial charge is 0.306 e.